The first-order valence-corrected chi connectivity index (χ1v) is 14.4. The molecule has 0 radical (unpaired) electrons. The van der Waals surface area contributed by atoms with Crippen LogP contribution in [0.1, 0.15) is 37.9 Å². The van der Waals surface area contributed by atoms with E-state index in [9.17, 15) is 9.59 Å². The summed E-state index contributed by atoms with van der Waals surface area (Å²) in [5.41, 5.74) is 1.39. The number of esters is 1. The van der Waals surface area contributed by atoms with Gasteiger partial charge in [-0.05, 0) is 62.2 Å². The normalized spacial score (nSPS) is 14.4. The predicted octanol–water partition coefficient (Wildman–Crippen LogP) is 3.89. The Hall–Kier alpha value is -4.40. The molecule has 0 amide bonds. The van der Waals surface area contributed by atoms with Gasteiger partial charge in [0.1, 0.15) is 6.61 Å². The number of rotatable bonds is 11. The van der Waals surface area contributed by atoms with Gasteiger partial charge in [-0.3, -0.25) is 9.36 Å². The number of halogens is 1. The quantitative estimate of drug-likeness (QED) is 0.233. The molecule has 0 spiro atoms. The molecule has 0 aliphatic carbocycles. The summed E-state index contributed by atoms with van der Waals surface area (Å²) in [6, 6.07) is 5.87. The maximum atomic E-state index is 14.1. The first kappa shape index (κ1) is 31.5. The zero-order valence-corrected chi connectivity index (χ0v) is 26.2. The standard InChI is InChI=1S/C31H31ClN2O8S/c1-8-11-42-27-20(32)12-18(13-23(27)40-9-2)14-24-29(35)34-26(19-15-21(37-5)28(39-7)22(16-19)38-6)25(30(36)41-10-3)17(4)33-31(34)43-24/h1,12-16,26H,9-11H2,2-7H3/b24-14-/t26-/m1/s1. The highest BCUT2D eigenvalue weighted by atomic mass is 35.5. The number of hydrogen-bond acceptors (Lipinski definition) is 10. The van der Waals surface area contributed by atoms with E-state index in [1.165, 1.54) is 37.2 Å². The molecular weight excluding hydrogens is 596 g/mol. The van der Waals surface area contributed by atoms with Crippen LogP contribution in [0.25, 0.3) is 6.08 Å². The van der Waals surface area contributed by atoms with Crippen LogP contribution < -0.4 is 38.6 Å². The van der Waals surface area contributed by atoms with Crippen LogP contribution in [0.2, 0.25) is 5.02 Å². The number of fused-ring (bicyclic) bond motifs is 1. The highest BCUT2D eigenvalue weighted by molar-refractivity contribution is 7.07. The first-order chi connectivity index (χ1) is 20.7. The SMILES string of the molecule is C#CCOc1c(Cl)cc(/C=c2\sc3n(c2=O)[C@H](c2cc(OC)c(OC)c(OC)c2)C(C(=O)OCC)=C(C)N=3)cc1OCC. The van der Waals surface area contributed by atoms with E-state index in [1.807, 2.05) is 6.92 Å². The minimum atomic E-state index is -0.895. The van der Waals surface area contributed by atoms with E-state index >= 15 is 0 Å². The van der Waals surface area contributed by atoms with Gasteiger partial charge in [0.2, 0.25) is 5.75 Å². The summed E-state index contributed by atoms with van der Waals surface area (Å²) in [6.07, 6.45) is 7.02. The molecule has 226 valence electrons. The molecular formula is C31H31ClN2O8S. The van der Waals surface area contributed by atoms with Crippen molar-refractivity contribution in [3.63, 3.8) is 0 Å². The molecule has 43 heavy (non-hydrogen) atoms. The van der Waals surface area contributed by atoms with E-state index in [4.69, 9.17) is 46.4 Å². The van der Waals surface area contributed by atoms with Gasteiger partial charge in [0.05, 0.1) is 61.4 Å². The van der Waals surface area contributed by atoms with Gasteiger partial charge in [-0.2, -0.15) is 0 Å². The third-order valence-corrected chi connectivity index (χ3v) is 7.71. The summed E-state index contributed by atoms with van der Waals surface area (Å²) in [6.45, 7) is 5.77. The summed E-state index contributed by atoms with van der Waals surface area (Å²) in [5.74, 6) is 3.62. The van der Waals surface area contributed by atoms with E-state index in [0.29, 0.717) is 61.5 Å². The molecule has 1 aliphatic rings. The van der Waals surface area contributed by atoms with Crippen LogP contribution in [0.5, 0.6) is 28.7 Å². The largest absolute Gasteiger partial charge is 0.493 e. The average Bonchev–Trinajstić information content (AvgIpc) is 3.29. The molecule has 0 saturated carbocycles. The van der Waals surface area contributed by atoms with Crippen LogP contribution in [-0.2, 0) is 9.53 Å². The molecule has 0 bridgehead atoms. The van der Waals surface area contributed by atoms with Crippen molar-refractivity contribution in [2.45, 2.75) is 26.8 Å². The fraction of sp³-hybridized carbons (Fsp3) is 0.323. The van der Waals surface area contributed by atoms with Crippen molar-refractivity contribution < 1.29 is 33.2 Å². The fourth-order valence-corrected chi connectivity index (χ4v) is 6.03. The Morgan fingerprint density at radius 1 is 1.05 bits per heavy atom. The number of ether oxygens (including phenoxy) is 6. The number of hydrogen-bond donors (Lipinski definition) is 0. The molecule has 1 aromatic heterocycles. The number of aromatic nitrogens is 1. The second kappa shape index (κ2) is 13.7. The molecule has 0 fully saturated rings. The maximum Gasteiger partial charge on any atom is 0.338 e. The van der Waals surface area contributed by atoms with Crippen LogP contribution in [0.15, 0.2) is 45.3 Å². The second-order valence-electron chi connectivity index (χ2n) is 9.02. The smallest absolute Gasteiger partial charge is 0.338 e. The number of carbonyl (C=O) groups is 1. The summed E-state index contributed by atoms with van der Waals surface area (Å²) in [4.78, 5) is 32.4. The number of thiazole rings is 1. The molecule has 0 saturated heterocycles. The van der Waals surface area contributed by atoms with Gasteiger partial charge in [0, 0.05) is 0 Å². The summed E-state index contributed by atoms with van der Waals surface area (Å²) in [5, 5.41) is 0.274. The van der Waals surface area contributed by atoms with Gasteiger partial charge in [-0.25, -0.2) is 9.79 Å². The molecule has 2 heterocycles. The van der Waals surface area contributed by atoms with Gasteiger partial charge < -0.3 is 28.4 Å². The number of nitrogens with zero attached hydrogens (tertiary/aromatic N) is 2. The number of terminal acetylenes is 1. The van der Waals surface area contributed by atoms with Crippen LogP contribution in [0.4, 0.5) is 0 Å². The van der Waals surface area contributed by atoms with Crippen LogP contribution in [0, 0.1) is 12.3 Å². The lowest BCUT2D eigenvalue weighted by Gasteiger charge is -2.26. The second-order valence-corrected chi connectivity index (χ2v) is 10.4. The Kier molecular flexibility index (Phi) is 10.1. The Balaban J connectivity index is 1.97. The lowest BCUT2D eigenvalue weighted by molar-refractivity contribution is -0.139. The topological polar surface area (TPSA) is 107 Å². The third kappa shape index (κ3) is 6.21. The molecule has 0 unspecified atom stereocenters. The van der Waals surface area contributed by atoms with E-state index in [-0.39, 0.29) is 29.4 Å². The van der Waals surface area contributed by atoms with Crippen molar-refractivity contribution in [1.29, 1.82) is 0 Å². The van der Waals surface area contributed by atoms with Crippen molar-refractivity contribution >= 4 is 35.0 Å². The van der Waals surface area contributed by atoms with Crippen LogP contribution >= 0.6 is 22.9 Å². The van der Waals surface area contributed by atoms with Gasteiger partial charge in [0.15, 0.2) is 27.8 Å². The molecule has 2 aromatic carbocycles. The highest BCUT2D eigenvalue weighted by Gasteiger charge is 2.34. The third-order valence-electron chi connectivity index (χ3n) is 6.45. The van der Waals surface area contributed by atoms with Gasteiger partial charge in [-0.1, -0.05) is 28.9 Å². The van der Waals surface area contributed by atoms with E-state index < -0.39 is 12.0 Å². The molecule has 1 aliphatic heterocycles. The minimum absolute atomic E-state index is 0.0147. The zero-order valence-electron chi connectivity index (χ0n) is 24.6. The fourth-order valence-electron chi connectivity index (χ4n) is 4.71. The van der Waals surface area contributed by atoms with Crippen LogP contribution in [-0.4, -0.2) is 51.7 Å². The molecule has 0 N–H and O–H groups in total. The molecule has 3 aromatic rings. The van der Waals surface area contributed by atoms with Crippen molar-refractivity contribution in [1.82, 2.24) is 4.57 Å². The lowest BCUT2D eigenvalue weighted by Crippen LogP contribution is -2.40. The molecule has 1 atom stereocenters. The highest BCUT2D eigenvalue weighted by Crippen LogP contribution is 2.42. The van der Waals surface area contributed by atoms with Crippen LogP contribution in [0.3, 0.4) is 0 Å². The van der Waals surface area contributed by atoms with Crippen molar-refractivity contribution in [3.05, 3.63) is 71.4 Å². The molecule has 12 heteroatoms. The Morgan fingerprint density at radius 2 is 1.74 bits per heavy atom. The van der Waals surface area contributed by atoms with Crippen molar-refractivity contribution in [2.24, 2.45) is 4.99 Å². The number of benzene rings is 2. The summed E-state index contributed by atoms with van der Waals surface area (Å²) in [7, 11) is 4.48. The Bertz CT molecular complexity index is 1780. The maximum absolute atomic E-state index is 14.1. The van der Waals surface area contributed by atoms with E-state index in [0.717, 1.165) is 0 Å². The molecule has 10 nitrogen and oxygen atoms in total. The molecule has 4 rings (SSSR count). The average molecular weight is 627 g/mol. The van der Waals surface area contributed by atoms with Crippen molar-refractivity contribution in [3.8, 4) is 41.1 Å². The van der Waals surface area contributed by atoms with Gasteiger partial charge in [-0.15, -0.1) is 6.42 Å². The Morgan fingerprint density at radius 3 is 2.33 bits per heavy atom. The lowest BCUT2D eigenvalue weighted by atomic mass is 9.95. The first-order valence-electron chi connectivity index (χ1n) is 13.2. The van der Waals surface area contributed by atoms with E-state index in [1.54, 1.807) is 44.2 Å². The number of carbonyl (C=O) groups excluding carboxylic acids is 1. The van der Waals surface area contributed by atoms with E-state index in [2.05, 4.69) is 10.9 Å². The van der Waals surface area contributed by atoms with Crippen molar-refractivity contribution in [2.75, 3.05) is 41.2 Å². The number of allylic oxidation sites excluding steroid dienone is 1. The summed E-state index contributed by atoms with van der Waals surface area (Å²) >= 11 is 7.69. The Labute approximate surface area is 257 Å². The monoisotopic (exact) mass is 626 g/mol. The summed E-state index contributed by atoms with van der Waals surface area (Å²) < 4.78 is 35.1. The number of methoxy groups -OCH3 is 3. The minimum Gasteiger partial charge on any atom is -0.493 e. The van der Waals surface area contributed by atoms with Gasteiger partial charge in [0.25, 0.3) is 5.56 Å². The predicted molar refractivity (Wildman–Crippen MR) is 163 cm³/mol. The van der Waals surface area contributed by atoms with Gasteiger partial charge >= 0.3 is 5.97 Å². The zero-order chi connectivity index (χ0) is 31.3.